The van der Waals surface area contributed by atoms with Crippen molar-refractivity contribution in [1.29, 1.82) is 0 Å². The summed E-state index contributed by atoms with van der Waals surface area (Å²) in [6.07, 6.45) is 0.530. The van der Waals surface area contributed by atoms with Gasteiger partial charge in [0.25, 0.3) is 5.91 Å². The lowest BCUT2D eigenvalue weighted by Crippen LogP contribution is -2.44. The maximum atomic E-state index is 12.0. The van der Waals surface area contributed by atoms with Gasteiger partial charge in [0.05, 0.1) is 5.56 Å². The van der Waals surface area contributed by atoms with Crippen molar-refractivity contribution < 1.29 is 9.90 Å². The summed E-state index contributed by atoms with van der Waals surface area (Å²) < 4.78 is 0.787. The molecule has 0 aliphatic heterocycles. The summed E-state index contributed by atoms with van der Waals surface area (Å²) in [5.74, 6) is -0.129. The van der Waals surface area contributed by atoms with E-state index >= 15 is 0 Å². The highest BCUT2D eigenvalue weighted by atomic mass is 79.9. The van der Waals surface area contributed by atoms with Crippen LogP contribution in [0.2, 0.25) is 0 Å². The van der Waals surface area contributed by atoms with Crippen molar-refractivity contribution in [1.82, 2.24) is 5.32 Å². The molecule has 0 radical (unpaired) electrons. The van der Waals surface area contributed by atoms with Crippen LogP contribution in [-0.4, -0.2) is 23.2 Å². The van der Waals surface area contributed by atoms with Crippen molar-refractivity contribution in [2.45, 2.75) is 32.7 Å². The molecule has 3 nitrogen and oxygen atoms in total. The second kappa shape index (κ2) is 5.65. The highest BCUT2D eigenvalue weighted by molar-refractivity contribution is 9.10. The van der Waals surface area contributed by atoms with Gasteiger partial charge in [-0.25, -0.2) is 0 Å². The van der Waals surface area contributed by atoms with Gasteiger partial charge in [-0.15, -0.1) is 0 Å². The first kappa shape index (κ1) is 14.2. The smallest absolute Gasteiger partial charge is 0.252 e. The van der Waals surface area contributed by atoms with E-state index < -0.39 is 5.54 Å². The molecule has 1 aromatic carbocycles. The van der Waals surface area contributed by atoms with Gasteiger partial charge in [0, 0.05) is 16.6 Å². The Kier molecular flexibility index (Phi) is 4.71. The number of aryl methyl sites for hydroxylation is 1. The third-order valence-corrected chi connectivity index (χ3v) is 3.21. The Labute approximate surface area is 110 Å². The summed E-state index contributed by atoms with van der Waals surface area (Å²) in [7, 11) is 0. The maximum Gasteiger partial charge on any atom is 0.252 e. The van der Waals surface area contributed by atoms with Gasteiger partial charge >= 0.3 is 0 Å². The number of halogens is 1. The van der Waals surface area contributed by atoms with Crippen molar-refractivity contribution in [3.8, 4) is 0 Å². The third-order valence-electron chi connectivity index (χ3n) is 2.56. The molecule has 0 aromatic heterocycles. The summed E-state index contributed by atoms with van der Waals surface area (Å²) in [4.78, 5) is 12.0. The van der Waals surface area contributed by atoms with Crippen LogP contribution in [-0.2, 0) is 0 Å². The predicted octanol–water partition coefficient (Wildman–Crippen LogP) is 2.65. The van der Waals surface area contributed by atoms with E-state index in [0.717, 1.165) is 10.0 Å². The summed E-state index contributed by atoms with van der Waals surface area (Å²) in [5, 5.41) is 11.8. The fourth-order valence-corrected chi connectivity index (χ4v) is 2.19. The number of benzene rings is 1. The third kappa shape index (κ3) is 4.13. The first-order valence-corrected chi connectivity index (χ1v) is 6.34. The molecule has 0 fully saturated rings. The van der Waals surface area contributed by atoms with Crippen molar-refractivity contribution in [3.05, 3.63) is 33.8 Å². The fraction of sp³-hybridized carbons (Fsp3) is 0.462. The normalized spacial score (nSPS) is 11.4. The molecule has 2 N–H and O–H groups in total. The Morgan fingerprint density at radius 2 is 2.12 bits per heavy atom. The van der Waals surface area contributed by atoms with Crippen LogP contribution in [0.3, 0.4) is 0 Å². The molecule has 0 saturated carbocycles. The summed E-state index contributed by atoms with van der Waals surface area (Å²) >= 11 is 3.38. The van der Waals surface area contributed by atoms with Gasteiger partial charge in [-0.2, -0.15) is 0 Å². The van der Waals surface area contributed by atoms with E-state index in [-0.39, 0.29) is 12.5 Å². The van der Waals surface area contributed by atoms with Gasteiger partial charge in [-0.3, -0.25) is 4.79 Å². The fourth-order valence-electron chi connectivity index (χ4n) is 1.52. The number of hydrogen-bond acceptors (Lipinski definition) is 2. The lowest BCUT2D eigenvalue weighted by Gasteiger charge is -2.25. The minimum Gasteiger partial charge on any atom is -0.396 e. The Morgan fingerprint density at radius 3 is 2.65 bits per heavy atom. The lowest BCUT2D eigenvalue weighted by atomic mass is 10.0. The van der Waals surface area contributed by atoms with Gasteiger partial charge < -0.3 is 10.4 Å². The zero-order valence-corrected chi connectivity index (χ0v) is 12.0. The van der Waals surface area contributed by atoms with Crippen LogP contribution in [0.25, 0.3) is 0 Å². The largest absolute Gasteiger partial charge is 0.396 e. The van der Waals surface area contributed by atoms with Crippen LogP contribution >= 0.6 is 15.9 Å². The van der Waals surface area contributed by atoms with Gasteiger partial charge in [-0.1, -0.05) is 6.07 Å². The molecule has 0 saturated heterocycles. The van der Waals surface area contributed by atoms with Crippen molar-refractivity contribution in [2.75, 3.05) is 6.61 Å². The number of aliphatic hydroxyl groups is 1. The SMILES string of the molecule is Cc1ccc(C(=O)NC(C)(C)CCO)c(Br)c1. The Bertz CT molecular complexity index is 416. The topological polar surface area (TPSA) is 49.3 Å². The van der Waals surface area contributed by atoms with Crippen molar-refractivity contribution in [3.63, 3.8) is 0 Å². The van der Waals surface area contributed by atoms with E-state index in [2.05, 4.69) is 21.2 Å². The molecular weight excluding hydrogens is 282 g/mol. The van der Waals surface area contributed by atoms with Crippen molar-refractivity contribution >= 4 is 21.8 Å². The van der Waals surface area contributed by atoms with Crippen molar-refractivity contribution in [2.24, 2.45) is 0 Å². The quantitative estimate of drug-likeness (QED) is 0.898. The number of carbonyl (C=O) groups is 1. The van der Waals surface area contributed by atoms with Crippen LogP contribution in [0.1, 0.15) is 36.2 Å². The highest BCUT2D eigenvalue weighted by Crippen LogP contribution is 2.19. The number of amides is 1. The monoisotopic (exact) mass is 299 g/mol. The van der Waals surface area contributed by atoms with Gasteiger partial charge in [0.2, 0.25) is 0 Å². The molecule has 0 aliphatic rings. The van der Waals surface area contributed by atoms with Crippen LogP contribution in [0.4, 0.5) is 0 Å². The highest BCUT2D eigenvalue weighted by Gasteiger charge is 2.21. The van der Waals surface area contributed by atoms with Crippen LogP contribution in [0.15, 0.2) is 22.7 Å². The lowest BCUT2D eigenvalue weighted by molar-refractivity contribution is 0.0898. The molecule has 4 heteroatoms. The van der Waals surface area contributed by atoms with Gasteiger partial charge in [0.15, 0.2) is 0 Å². The average molecular weight is 300 g/mol. The minimum absolute atomic E-state index is 0.0579. The number of aliphatic hydroxyl groups excluding tert-OH is 1. The molecule has 0 bridgehead atoms. The molecule has 1 amide bonds. The molecule has 0 heterocycles. The first-order valence-electron chi connectivity index (χ1n) is 5.55. The summed E-state index contributed by atoms with van der Waals surface area (Å²) in [5.41, 5.74) is 1.31. The van der Waals surface area contributed by atoms with E-state index in [9.17, 15) is 4.79 Å². The van der Waals surface area contributed by atoms with E-state index in [1.165, 1.54) is 0 Å². The van der Waals surface area contributed by atoms with Crippen LogP contribution in [0.5, 0.6) is 0 Å². The zero-order valence-electron chi connectivity index (χ0n) is 10.4. The average Bonchev–Trinajstić information content (AvgIpc) is 2.15. The first-order chi connectivity index (χ1) is 7.85. The molecule has 1 rings (SSSR count). The molecule has 0 spiro atoms. The molecule has 0 unspecified atom stereocenters. The number of rotatable bonds is 4. The Hall–Kier alpha value is -0.870. The molecule has 94 valence electrons. The molecular formula is C13H18BrNO2. The molecule has 0 atom stereocenters. The standard InChI is InChI=1S/C13H18BrNO2/c1-9-4-5-10(11(14)8-9)12(17)15-13(2,3)6-7-16/h4-5,8,16H,6-7H2,1-3H3,(H,15,17). The van der Waals surface area contributed by atoms with Crippen LogP contribution in [0, 0.1) is 6.92 Å². The molecule has 0 aliphatic carbocycles. The number of hydrogen-bond donors (Lipinski definition) is 2. The second-order valence-corrected chi connectivity index (χ2v) is 5.65. The van der Waals surface area contributed by atoms with E-state index in [0.29, 0.717) is 12.0 Å². The molecule has 17 heavy (non-hydrogen) atoms. The summed E-state index contributed by atoms with van der Waals surface area (Å²) in [6.45, 7) is 5.82. The van der Waals surface area contributed by atoms with Gasteiger partial charge in [0.1, 0.15) is 0 Å². The minimum atomic E-state index is -0.407. The number of carbonyl (C=O) groups excluding carboxylic acids is 1. The number of nitrogens with one attached hydrogen (secondary N) is 1. The Balaban J connectivity index is 2.83. The van der Waals surface area contributed by atoms with E-state index in [1.807, 2.05) is 32.9 Å². The van der Waals surface area contributed by atoms with E-state index in [1.54, 1.807) is 6.07 Å². The van der Waals surface area contributed by atoms with Crippen LogP contribution < -0.4 is 5.32 Å². The van der Waals surface area contributed by atoms with E-state index in [4.69, 9.17) is 5.11 Å². The summed E-state index contributed by atoms with van der Waals surface area (Å²) in [6, 6.07) is 5.61. The Morgan fingerprint density at radius 1 is 1.47 bits per heavy atom. The second-order valence-electron chi connectivity index (χ2n) is 4.79. The predicted molar refractivity (Wildman–Crippen MR) is 72.1 cm³/mol. The maximum absolute atomic E-state index is 12.0. The van der Waals surface area contributed by atoms with Gasteiger partial charge in [-0.05, 0) is 60.8 Å². The molecule has 1 aromatic rings. The zero-order chi connectivity index (χ0) is 13.1.